The van der Waals surface area contributed by atoms with E-state index in [0.717, 1.165) is 12.1 Å². The summed E-state index contributed by atoms with van der Waals surface area (Å²) in [7, 11) is 0. The molecule has 1 fully saturated rings. The molecule has 0 bridgehead atoms. The number of ether oxygens (including phenoxy) is 1. The highest BCUT2D eigenvalue weighted by Crippen LogP contribution is 2.14. The van der Waals surface area contributed by atoms with E-state index in [9.17, 15) is 9.59 Å². The maximum atomic E-state index is 12.6. The van der Waals surface area contributed by atoms with Crippen LogP contribution in [-0.2, 0) is 22.5 Å². The van der Waals surface area contributed by atoms with Gasteiger partial charge in [-0.3, -0.25) is 14.3 Å². The molecule has 1 atom stereocenters. The maximum Gasteiger partial charge on any atom is 0.306 e. The van der Waals surface area contributed by atoms with Crippen LogP contribution < -0.4 is 0 Å². The normalized spacial score (nSPS) is 18.8. The molecule has 1 aliphatic heterocycles. The summed E-state index contributed by atoms with van der Waals surface area (Å²) in [6.45, 7) is 5.71. The fourth-order valence-corrected chi connectivity index (χ4v) is 2.44. The SMILES string of the molecule is CCc1cc(C(=O)N2CCOC(CC(=O)O)C2)n(CC)n1. The molecule has 2 heterocycles. The van der Waals surface area contributed by atoms with Crippen LogP contribution in [0.5, 0.6) is 0 Å². The zero-order chi connectivity index (χ0) is 15.4. The van der Waals surface area contributed by atoms with Crippen molar-refractivity contribution in [1.29, 1.82) is 0 Å². The third kappa shape index (κ3) is 3.60. The first-order valence-corrected chi connectivity index (χ1v) is 7.24. The molecule has 116 valence electrons. The van der Waals surface area contributed by atoms with Crippen molar-refractivity contribution in [1.82, 2.24) is 14.7 Å². The van der Waals surface area contributed by atoms with E-state index in [-0.39, 0.29) is 12.3 Å². The van der Waals surface area contributed by atoms with Crippen LogP contribution in [-0.4, -0.2) is 57.5 Å². The number of hydrogen-bond donors (Lipinski definition) is 1. The summed E-state index contributed by atoms with van der Waals surface area (Å²) in [5.41, 5.74) is 1.45. The molecule has 1 aliphatic rings. The summed E-state index contributed by atoms with van der Waals surface area (Å²) in [5, 5.41) is 13.2. The molecule has 1 amide bonds. The monoisotopic (exact) mass is 295 g/mol. The molecule has 21 heavy (non-hydrogen) atoms. The minimum Gasteiger partial charge on any atom is -0.481 e. The molecule has 0 spiro atoms. The van der Waals surface area contributed by atoms with E-state index in [0.29, 0.717) is 31.9 Å². The quantitative estimate of drug-likeness (QED) is 0.867. The molecule has 1 N–H and O–H groups in total. The van der Waals surface area contributed by atoms with Crippen molar-refractivity contribution in [2.24, 2.45) is 0 Å². The van der Waals surface area contributed by atoms with Crippen LogP contribution in [0.15, 0.2) is 6.07 Å². The predicted octanol–water partition coefficient (Wildman–Crippen LogP) is 0.781. The highest BCUT2D eigenvalue weighted by atomic mass is 16.5. The average Bonchev–Trinajstić information content (AvgIpc) is 2.89. The van der Waals surface area contributed by atoms with E-state index < -0.39 is 12.1 Å². The van der Waals surface area contributed by atoms with Gasteiger partial charge in [0, 0.05) is 19.6 Å². The lowest BCUT2D eigenvalue weighted by atomic mass is 10.2. The smallest absolute Gasteiger partial charge is 0.306 e. The van der Waals surface area contributed by atoms with E-state index in [2.05, 4.69) is 5.10 Å². The predicted molar refractivity (Wildman–Crippen MR) is 75.2 cm³/mol. The first kappa shape index (κ1) is 15.5. The number of hydrogen-bond acceptors (Lipinski definition) is 4. The molecule has 7 heteroatoms. The third-order valence-electron chi connectivity index (χ3n) is 3.54. The molecule has 1 unspecified atom stereocenters. The summed E-state index contributed by atoms with van der Waals surface area (Å²) in [4.78, 5) is 25.0. The number of nitrogens with zero attached hydrogens (tertiary/aromatic N) is 3. The lowest BCUT2D eigenvalue weighted by Gasteiger charge is -2.32. The van der Waals surface area contributed by atoms with Crippen LogP contribution in [0.2, 0.25) is 0 Å². The Morgan fingerprint density at radius 1 is 1.48 bits per heavy atom. The summed E-state index contributed by atoms with van der Waals surface area (Å²) in [6, 6.07) is 1.81. The first-order valence-electron chi connectivity index (χ1n) is 7.24. The number of morpholine rings is 1. The Hall–Kier alpha value is -1.89. The van der Waals surface area contributed by atoms with Gasteiger partial charge in [0.05, 0.1) is 24.8 Å². The number of carboxylic acid groups (broad SMARTS) is 1. The minimum absolute atomic E-state index is 0.0863. The van der Waals surface area contributed by atoms with Gasteiger partial charge in [0.1, 0.15) is 5.69 Å². The minimum atomic E-state index is -0.916. The molecule has 2 rings (SSSR count). The van der Waals surface area contributed by atoms with Crippen molar-refractivity contribution < 1.29 is 19.4 Å². The van der Waals surface area contributed by atoms with Crippen molar-refractivity contribution in [2.45, 2.75) is 39.3 Å². The highest BCUT2D eigenvalue weighted by Gasteiger charge is 2.28. The van der Waals surface area contributed by atoms with Crippen molar-refractivity contribution in [3.05, 3.63) is 17.5 Å². The number of carboxylic acids is 1. The Labute approximate surface area is 123 Å². The van der Waals surface area contributed by atoms with Gasteiger partial charge in [-0.25, -0.2) is 0 Å². The zero-order valence-electron chi connectivity index (χ0n) is 12.4. The van der Waals surface area contributed by atoms with Crippen LogP contribution in [0.1, 0.15) is 36.5 Å². The topological polar surface area (TPSA) is 84.7 Å². The standard InChI is InChI=1S/C14H21N3O4/c1-3-10-7-12(17(4-2)15-10)14(20)16-5-6-21-11(9-16)8-13(18)19/h7,11H,3-6,8-9H2,1-2H3,(H,18,19). The average molecular weight is 295 g/mol. The Morgan fingerprint density at radius 2 is 2.24 bits per heavy atom. The van der Waals surface area contributed by atoms with Crippen LogP contribution in [0.3, 0.4) is 0 Å². The van der Waals surface area contributed by atoms with Crippen molar-refractivity contribution in [3.8, 4) is 0 Å². The van der Waals surface area contributed by atoms with Crippen molar-refractivity contribution in [2.75, 3.05) is 19.7 Å². The summed E-state index contributed by atoms with van der Waals surface area (Å²) >= 11 is 0. The summed E-state index contributed by atoms with van der Waals surface area (Å²) in [5.74, 6) is -1.02. The van der Waals surface area contributed by atoms with Crippen LogP contribution in [0.25, 0.3) is 0 Å². The number of carbonyl (C=O) groups is 2. The largest absolute Gasteiger partial charge is 0.481 e. The van der Waals surface area contributed by atoms with E-state index in [1.165, 1.54) is 0 Å². The van der Waals surface area contributed by atoms with Gasteiger partial charge in [-0.15, -0.1) is 0 Å². The van der Waals surface area contributed by atoms with Gasteiger partial charge in [-0.1, -0.05) is 6.92 Å². The van der Waals surface area contributed by atoms with Crippen molar-refractivity contribution in [3.63, 3.8) is 0 Å². The van der Waals surface area contributed by atoms with Gasteiger partial charge in [0.2, 0.25) is 0 Å². The zero-order valence-corrected chi connectivity index (χ0v) is 12.4. The summed E-state index contributed by atoms with van der Waals surface area (Å²) in [6.07, 6.45) is 0.249. The molecule has 0 saturated carbocycles. The van der Waals surface area contributed by atoms with E-state index in [1.807, 2.05) is 19.9 Å². The second-order valence-electron chi connectivity index (χ2n) is 5.03. The van der Waals surface area contributed by atoms with Gasteiger partial charge in [-0.05, 0) is 19.4 Å². The third-order valence-corrected chi connectivity index (χ3v) is 3.54. The lowest BCUT2D eigenvalue weighted by Crippen LogP contribution is -2.46. The van der Waals surface area contributed by atoms with Gasteiger partial charge in [0.15, 0.2) is 0 Å². The Morgan fingerprint density at radius 3 is 2.86 bits per heavy atom. The molecule has 0 aliphatic carbocycles. The number of aryl methyl sites for hydroxylation is 2. The second kappa shape index (κ2) is 6.71. The molecule has 0 radical (unpaired) electrons. The Bertz CT molecular complexity index is 526. The van der Waals surface area contributed by atoms with E-state index in [4.69, 9.17) is 9.84 Å². The molecule has 0 aromatic carbocycles. The van der Waals surface area contributed by atoms with Gasteiger partial charge in [-0.2, -0.15) is 5.10 Å². The number of amides is 1. The lowest BCUT2D eigenvalue weighted by molar-refractivity contribution is -0.141. The van der Waals surface area contributed by atoms with Crippen LogP contribution in [0, 0.1) is 0 Å². The van der Waals surface area contributed by atoms with E-state index >= 15 is 0 Å². The van der Waals surface area contributed by atoms with Gasteiger partial charge >= 0.3 is 5.97 Å². The molecule has 1 aromatic rings. The number of carbonyl (C=O) groups excluding carboxylic acids is 1. The molecule has 1 aromatic heterocycles. The Kier molecular flexibility index (Phi) is 4.95. The fraction of sp³-hybridized carbons (Fsp3) is 0.643. The number of aliphatic carboxylic acids is 1. The number of rotatable bonds is 5. The highest BCUT2D eigenvalue weighted by molar-refractivity contribution is 5.92. The Balaban J connectivity index is 2.11. The van der Waals surface area contributed by atoms with Crippen LogP contribution in [0.4, 0.5) is 0 Å². The van der Waals surface area contributed by atoms with Gasteiger partial charge in [0.25, 0.3) is 5.91 Å². The summed E-state index contributed by atoms with van der Waals surface area (Å²) < 4.78 is 7.09. The van der Waals surface area contributed by atoms with Crippen LogP contribution >= 0.6 is 0 Å². The molecular weight excluding hydrogens is 274 g/mol. The second-order valence-corrected chi connectivity index (χ2v) is 5.03. The molecular formula is C14H21N3O4. The maximum absolute atomic E-state index is 12.6. The first-order chi connectivity index (χ1) is 10.0. The fourth-order valence-electron chi connectivity index (χ4n) is 2.44. The van der Waals surface area contributed by atoms with Gasteiger partial charge < -0.3 is 14.7 Å². The molecule has 1 saturated heterocycles. The van der Waals surface area contributed by atoms with E-state index in [1.54, 1.807) is 9.58 Å². The molecule has 7 nitrogen and oxygen atoms in total. The number of aromatic nitrogens is 2. The van der Waals surface area contributed by atoms with Crippen molar-refractivity contribution >= 4 is 11.9 Å².